The number of hydrogen-bond donors (Lipinski definition) is 1. The van der Waals surface area contributed by atoms with Crippen LogP contribution in [-0.2, 0) is 0 Å². The van der Waals surface area contributed by atoms with Crippen LogP contribution >= 0.6 is 0 Å². The molecule has 2 heteroatoms. The number of nitrogens with two attached hydrogens (primary N) is 1. The van der Waals surface area contributed by atoms with E-state index in [2.05, 4.69) is 11.6 Å². The molecule has 0 aliphatic carbocycles. The van der Waals surface area contributed by atoms with E-state index in [1.807, 2.05) is 19.1 Å². The van der Waals surface area contributed by atoms with Crippen molar-refractivity contribution in [3.8, 4) is 0 Å². The minimum Gasteiger partial charge on any atom is -0.309 e. The third kappa shape index (κ3) is 1.54. The maximum atomic E-state index is 5.62. The summed E-state index contributed by atoms with van der Waals surface area (Å²) in [5.41, 5.74) is 7.79. The Labute approximate surface area is 61.1 Å². The molecule has 1 heterocycles. The fourth-order valence-corrected chi connectivity index (χ4v) is 1.06. The van der Waals surface area contributed by atoms with Gasteiger partial charge >= 0.3 is 0 Å². The molecule has 0 aromatic rings. The van der Waals surface area contributed by atoms with Gasteiger partial charge in [-0.15, -0.1) is 0 Å². The lowest BCUT2D eigenvalue weighted by atomic mass is 10.1. The van der Waals surface area contributed by atoms with Crippen molar-refractivity contribution in [2.45, 2.75) is 19.5 Å². The summed E-state index contributed by atoms with van der Waals surface area (Å²) in [6, 6.07) is 0. The molecular formula is C8H12N2. The summed E-state index contributed by atoms with van der Waals surface area (Å²) >= 11 is 0. The highest BCUT2D eigenvalue weighted by atomic mass is 14.9. The van der Waals surface area contributed by atoms with Crippen molar-refractivity contribution in [3.05, 3.63) is 24.3 Å². The summed E-state index contributed by atoms with van der Waals surface area (Å²) in [7, 11) is 0. The maximum absolute atomic E-state index is 5.62. The van der Waals surface area contributed by atoms with Crippen molar-refractivity contribution in [2.75, 3.05) is 0 Å². The predicted octanol–water partition coefficient (Wildman–Crippen LogP) is 1.25. The van der Waals surface area contributed by atoms with Crippen molar-refractivity contribution in [2.24, 2.45) is 10.7 Å². The van der Waals surface area contributed by atoms with Crippen LogP contribution in [0.25, 0.3) is 0 Å². The lowest BCUT2D eigenvalue weighted by Gasteiger charge is -2.13. The van der Waals surface area contributed by atoms with Crippen molar-refractivity contribution < 1.29 is 0 Å². The normalized spacial score (nSPS) is 25.2. The average Bonchev–Trinajstić information content (AvgIpc) is 1.85. The molecule has 1 aliphatic rings. The molecular weight excluding hydrogens is 124 g/mol. The van der Waals surface area contributed by atoms with E-state index >= 15 is 0 Å². The molecule has 0 saturated heterocycles. The molecule has 1 aliphatic heterocycles. The van der Waals surface area contributed by atoms with Gasteiger partial charge in [-0.2, -0.15) is 0 Å². The lowest BCUT2D eigenvalue weighted by molar-refractivity contribution is 0.700. The maximum Gasteiger partial charge on any atom is 0.101 e. The quantitative estimate of drug-likeness (QED) is 0.578. The minimum absolute atomic E-state index is 0.0574. The van der Waals surface area contributed by atoms with Gasteiger partial charge in [0.05, 0.1) is 0 Å². The summed E-state index contributed by atoms with van der Waals surface area (Å²) in [6.45, 7) is 5.62. The molecule has 2 N–H and O–H groups in total. The Kier molecular flexibility index (Phi) is 2.02. The molecule has 2 nitrogen and oxygen atoms in total. The summed E-state index contributed by atoms with van der Waals surface area (Å²) in [5, 5.41) is 0. The first kappa shape index (κ1) is 7.22. The number of aliphatic imine (C=N–C) groups is 1. The molecule has 0 saturated carbocycles. The second-order valence-corrected chi connectivity index (χ2v) is 2.47. The van der Waals surface area contributed by atoms with Crippen LogP contribution in [0, 0.1) is 0 Å². The van der Waals surface area contributed by atoms with E-state index < -0.39 is 0 Å². The molecule has 0 unspecified atom stereocenters. The van der Waals surface area contributed by atoms with Crippen molar-refractivity contribution >= 4 is 5.71 Å². The monoisotopic (exact) mass is 136 g/mol. The van der Waals surface area contributed by atoms with E-state index in [4.69, 9.17) is 5.73 Å². The van der Waals surface area contributed by atoms with E-state index in [1.165, 1.54) is 5.57 Å². The molecule has 0 bridgehead atoms. The van der Waals surface area contributed by atoms with Gasteiger partial charge in [0.2, 0.25) is 0 Å². The topological polar surface area (TPSA) is 38.4 Å². The molecule has 10 heavy (non-hydrogen) atoms. The zero-order valence-electron chi connectivity index (χ0n) is 6.17. The number of allylic oxidation sites excluding steroid dienone is 2. The smallest absolute Gasteiger partial charge is 0.101 e. The largest absolute Gasteiger partial charge is 0.309 e. The van der Waals surface area contributed by atoms with E-state index in [0.717, 1.165) is 12.1 Å². The van der Waals surface area contributed by atoms with Crippen molar-refractivity contribution in [3.63, 3.8) is 0 Å². The Morgan fingerprint density at radius 3 is 3.10 bits per heavy atom. The highest BCUT2D eigenvalue weighted by Crippen LogP contribution is 2.11. The van der Waals surface area contributed by atoms with Crippen LogP contribution in [-0.4, -0.2) is 11.9 Å². The molecule has 0 fully saturated rings. The van der Waals surface area contributed by atoms with Gasteiger partial charge in [-0.1, -0.05) is 12.7 Å². The third-order valence-electron chi connectivity index (χ3n) is 1.47. The average molecular weight is 136 g/mol. The van der Waals surface area contributed by atoms with Gasteiger partial charge in [0.25, 0.3) is 0 Å². The highest BCUT2D eigenvalue weighted by Gasteiger charge is 2.07. The zero-order valence-corrected chi connectivity index (χ0v) is 6.17. The third-order valence-corrected chi connectivity index (χ3v) is 1.47. The summed E-state index contributed by atoms with van der Waals surface area (Å²) in [6.07, 6.45) is 4.60. The van der Waals surface area contributed by atoms with Crippen LogP contribution in [0.2, 0.25) is 0 Å². The Morgan fingerprint density at radius 2 is 2.60 bits per heavy atom. The van der Waals surface area contributed by atoms with Gasteiger partial charge in [0, 0.05) is 12.1 Å². The number of nitrogens with zero attached hydrogens (tertiary/aromatic N) is 1. The molecule has 1 rings (SSSR count). The van der Waals surface area contributed by atoms with Crippen LogP contribution < -0.4 is 5.73 Å². The Morgan fingerprint density at radius 1 is 1.90 bits per heavy atom. The van der Waals surface area contributed by atoms with Crippen LogP contribution in [0.3, 0.4) is 0 Å². The van der Waals surface area contributed by atoms with Crippen molar-refractivity contribution in [1.82, 2.24) is 0 Å². The van der Waals surface area contributed by atoms with Gasteiger partial charge in [0.15, 0.2) is 0 Å². The van der Waals surface area contributed by atoms with Gasteiger partial charge < -0.3 is 5.73 Å². The van der Waals surface area contributed by atoms with Crippen LogP contribution in [0.4, 0.5) is 0 Å². The molecule has 0 aromatic carbocycles. The second-order valence-electron chi connectivity index (χ2n) is 2.47. The van der Waals surface area contributed by atoms with E-state index in [-0.39, 0.29) is 6.17 Å². The van der Waals surface area contributed by atoms with Gasteiger partial charge in [0.1, 0.15) is 6.17 Å². The first-order chi connectivity index (χ1) is 4.72. The number of hydrogen-bond acceptors (Lipinski definition) is 2. The number of rotatable bonds is 1. The Hall–Kier alpha value is -0.890. The lowest BCUT2D eigenvalue weighted by Crippen LogP contribution is -2.21. The van der Waals surface area contributed by atoms with Crippen LogP contribution in [0.15, 0.2) is 29.3 Å². The summed E-state index contributed by atoms with van der Waals surface area (Å²) < 4.78 is 0. The molecule has 0 amide bonds. The van der Waals surface area contributed by atoms with Crippen LogP contribution in [0.5, 0.6) is 0 Å². The standard InChI is InChI=1S/C8H12N2/c1-3-7-4-6(2)10-8(9)5-7/h3-4,8H,1,5,9H2,2H3/t8-/m0/s1. The fraction of sp³-hybridized carbons (Fsp3) is 0.375. The second kappa shape index (κ2) is 2.80. The van der Waals surface area contributed by atoms with E-state index in [1.54, 1.807) is 0 Å². The van der Waals surface area contributed by atoms with Gasteiger partial charge in [-0.3, -0.25) is 4.99 Å². The summed E-state index contributed by atoms with van der Waals surface area (Å²) in [5.74, 6) is 0. The summed E-state index contributed by atoms with van der Waals surface area (Å²) in [4.78, 5) is 4.15. The number of dihydropyridines is 1. The Bertz CT molecular complexity index is 201. The van der Waals surface area contributed by atoms with Crippen LogP contribution in [0.1, 0.15) is 13.3 Å². The van der Waals surface area contributed by atoms with Crippen molar-refractivity contribution in [1.29, 1.82) is 0 Å². The molecule has 0 radical (unpaired) electrons. The van der Waals surface area contributed by atoms with E-state index in [0.29, 0.717) is 0 Å². The molecule has 1 atom stereocenters. The molecule has 0 spiro atoms. The van der Waals surface area contributed by atoms with Gasteiger partial charge in [-0.05, 0) is 18.6 Å². The fourth-order valence-electron chi connectivity index (χ4n) is 1.06. The first-order valence-corrected chi connectivity index (χ1v) is 3.35. The zero-order chi connectivity index (χ0) is 7.56. The molecule has 0 aromatic heterocycles. The van der Waals surface area contributed by atoms with Gasteiger partial charge in [-0.25, -0.2) is 0 Å². The van der Waals surface area contributed by atoms with E-state index in [9.17, 15) is 0 Å². The first-order valence-electron chi connectivity index (χ1n) is 3.35. The minimum atomic E-state index is -0.0574. The SMILES string of the molecule is C=CC1=CC(C)=N[C@H](N)C1. The predicted molar refractivity (Wildman–Crippen MR) is 44.0 cm³/mol. The highest BCUT2D eigenvalue weighted by molar-refractivity contribution is 5.94. The Balaban J connectivity index is 2.79. The molecule has 54 valence electrons.